The van der Waals surface area contributed by atoms with Gasteiger partial charge in [0, 0.05) is 12.2 Å². The van der Waals surface area contributed by atoms with Gasteiger partial charge >= 0.3 is 12.2 Å². The van der Waals surface area contributed by atoms with E-state index in [0.29, 0.717) is 5.56 Å². The van der Waals surface area contributed by atoms with E-state index >= 15 is 0 Å². The van der Waals surface area contributed by atoms with E-state index in [9.17, 15) is 22.0 Å². The molecule has 0 spiro atoms. The van der Waals surface area contributed by atoms with Gasteiger partial charge < -0.3 is 15.4 Å². The van der Waals surface area contributed by atoms with Crippen LogP contribution in [0.1, 0.15) is 5.56 Å². The molecule has 152 valence electrons. The smallest absolute Gasteiger partial charge is 0.422 e. The van der Waals surface area contributed by atoms with Gasteiger partial charge in [0.05, 0.1) is 0 Å². The summed E-state index contributed by atoms with van der Waals surface area (Å²) >= 11 is 0. The number of ether oxygens (including phenoxy) is 1. The Labute approximate surface area is 161 Å². The van der Waals surface area contributed by atoms with Crippen LogP contribution in [0, 0.1) is 11.6 Å². The Bertz CT molecular complexity index is 966. The van der Waals surface area contributed by atoms with Crippen molar-refractivity contribution in [3.05, 3.63) is 65.7 Å². The molecule has 0 fully saturated rings. The van der Waals surface area contributed by atoms with Gasteiger partial charge in [0.25, 0.3) is 0 Å². The van der Waals surface area contributed by atoms with Crippen LogP contribution in [0.5, 0.6) is 6.01 Å². The first-order chi connectivity index (χ1) is 13.8. The number of rotatable bonds is 7. The lowest BCUT2D eigenvalue weighted by Gasteiger charge is -2.12. The molecule has 0 unspecified atom stereocenters. The van der Waals surface area contributed by atoms with Crippen molar-refractivity contribution in [1.29, 1.82) is 0 Å². The minimum absolute atomic E-state index is 0.0830. The second-order valence-electron chi connectivity index (χ2n) is 5.78. The van der Waals surface area contributed by atoms with Crippen molar-refractivity contribution < 1.29 is 26.7 Å². The van der Waals surface area contributed by atoms with Gasteiger partial charge in [0.2, 0.25) is 11.9 Å². The van der Waals surface area contributed by atoms with Gasteiger partial charge in [-0.1, -0.05) is 18.2 Å². The first kappa shape index (κ1) is 20.2. The van der Waals surface area contributed by atoms with Crippen molar-refractivity contribution in [2.24, 2.45) is 0 Å². The van der Waals surface area contributed by atoms with Crippen LogP contribution in [-0.4, -0.2) is 27.7 Å². The molecule has 0 saturated heterocycles. The monoisotopic (exact) mass is 411 g/mol. The average Bonchev–Trinajstić information content (AvgIpc) is 2.65. The first-order valence-electron chi connectivity index (χ1n) is 8.23. The number of hydrogen-bond donors (Lipinski definition) is 2. The van der Waals surface area contributed by atoms with E-state index in [1.54, 1.807) is 0 Å². The number of hydrogen-bond acceptors (Lipinski definition) is 6. The fourth-order valence-corrected chi connectivity index (χ4v) is 2.18. The second kappa shape index (κ2) is 8.67. The topological polar surface area (TPSA) is 72.0 Å². The standard InChI is InChI=1S/C18H14F5N5O/c19-12-6-4-11(5-7-12)9-24-15-26-16(25-14-3-1-2-13(20)8-14)28-17(27-15)29-10-18(21,22)23/h1-8H,9-10H2,(H2,24,25,26,27,28). The molecule has 1 heterocycles. The number of anilines is 3. The van der Waals surface area contributed by atoms with Crippen LogP contribution in [0.4, 0.5) is 39.5 Å². The van der Waals surface area contributed by atoms with E-state index in [4.69, 9.17) is 0 Å². The Hall–Kier alpha value is -3.50. The molecule has 0 aliphatic rings. The van der Waals surface area contributed by atoms with Crippen molar-refractivity contribution in [3.8, 4) is 6.01 Å². The highest BCUT2D eigenvalue weighted by molar-refractivity contribution is 5.54. The largest absolute Gasteiger partial charge is 0.454 e. The molecule has 0 aliphatic carbocycles. The molecule has 11 heteroatoms. The van der Waals surface area contributed by atoms with Crippen molar-refractivity contribution in [2.45, 2.75) is 12.7 Å². The van der Waals surface area contributed by atoms with Gasteiger partial charge in [-0.15, -0.1) is 0 Å². The van der Waals surface area contributed by atoms with Crippen LogP contribution in [0.3, 0.4) is 0 Å². The molecular formula is C18H14F5N5O. The molecular weight excluding hydrogens is 397 g/mol. The van der Waals surface area contributed by atoms with Crippen LogP contribution in [0.15, 0.2) is 48.5 Å². The first-order valence-corrected chi connectivity index (χ1v) is 8.23. The van der Waals surface area contributed by atoms with Crippen LogP contribution in [0.25, 0.3) is 0 Å². The Morgan fingerprint density at radius 1 is 0.862 bits per heavy atom. The van der Waals surface area contributed by atoms with Crippen molar-refractivity contribution in [2.75, 3.05) is 17.2 Å². The summed E-state index contributed by atoms with van der Waals surface area (Å²) in [5.74, 6) is -1.16. The maximum Gasteiger partial charge on any atom is 0.422 e. The van der Waals surface area contributed by atoms with Gasteiger partial charge in [0.1, 0.15) is 11.6 Å². The van der Waals surface area contributed by atoms with E-state index < -0.39 is 30.4 Å². The second-order valence-corrected chi connectivity index (χ2v) is 5.78. The third-order valence-electron chi connectivity index (χ3n) is 3.42. The minimum atomic E-state index is -4.58. The van der Waals surface area contributed by atoms with Gasteiger partial charge in [-0.2, -0.15) is 28.1 Å². The maximum absolute atomic E-state index is 13.3. The Morgan fingerprint density at radius 3 is 2.28 bits per heavy atom. The van der Waals surface area contributed by atoms with Gasteiger partial charge in [-0.05, 0) is 35.9 Å². The summed E-state index contributed by atoms with van der Waals surface area (Å²) in [6.07, 6.45) is -4.58. The van der Waals surface area contributed by atoms with Crippen LogP contribution in [0.2, 0.25) is 0 Å². The number of benzene rings is 2. The molecule has 0 atom stereocenters. The maximum atomic E-state index is 13.3. The summed E-state index contributed by atoms with van der Waals surface area (Å²) in [4.78, 5) is 11.6. The SMILES string of the molecule is Fc1ccc(CNc2nc(Nc3cccc(F)c3)nc(OCC(F)(F)F)n2)cc1. The highest BCUT2D eigenvalue weighted by Crippen LogP contribution is 2.20. The molecule has 3 aromatic rings. The number of nitrogens with zero attached hydrogens (tertiary/aromatic N) is 3. The molecule has 2 N–H and O–H groups in total. The molecule has 29 heavy (non-hydrogen) atoms. The number of halogens is 5. The zero-order chi connectivity index (χ0) is 20.9. The molecule has 0 amide bonds. The predicted molar refractivity (Wildman–Crippen MR) is 94.8 cm³/mol. The molecule has 3 rings (SSSR count). The fraction of sp³-hybridized carbons (Fsp3) is 0.167. The average molecular weight is 411 g/mol. The van der Waals surface area contributed by atoms with E-state index in [1.807, 2.05) is 0 Å². The van der Waals surface area contributed by atoms with Crippen LogP contribution < -0.4 is 15.4 Å². The lowest BCUT2D eigenvalue weighted by Crippen LogP contribution is -2.21. The fourth-order valence-electron chi connectivity index (χ4n) is 2.18. The zero-order valence-electron chi connectivity index (χ0n) is 14.7. The predicted octanol–water partition coefficient (Wildman–Crippen LogP) is 4.45. The Morgan fingerprint density at radius 2 is 1.59 bits per heavy atom. The highest BCUT2D eigenvalue weighted by Gasteiger charge is 2.29. The summed E-state index contributed by atoms with van der Waals surface area (Å²) in [6, 6.07) is 10.4. The third kappa shape index (κ3) is 6.55. The van der Waals surface area contributed by atoms with E-state index in [0.717, 1.165) is 6.07 Å². The minimum Gasteiger partial charge on any atom is -0.454 e. The van der Waals surface area contributed by atoms with Crippen molar-refractivity contribution in [1.82, 2.24) is 15.0 Å². The molecule has 0 bridgehead atoms. The summed E-state index contributed by atoms with van der Waals surface area (Å²) < 4.78 is 68.2. The Kier molecular flexibility index (Phi) is 6.05. The number of aromatic nitrogens is 3. The summed E-state index contributed by atoms with van der Waals surface area (Å²) in [5.41, 5.74) is 0.965. The van der Waals surface area contributed by atoms with Crippen molar-refractivity contribution >= 4 is 17.6 Å². The summed E-state index contributed by atoms with van der Waals surface area (Å²) in [5, 5.41) is 5.47. The van der Waals surface area contributed by atoms with E-state index in [2.05, 4.69) is 30.3 Å². The van der Waals surface area contributed by atoms with Gasteiger partial charge in [0.15, 0.2) is 6.61 Å². The molecule has 0 aliphatic heterocycles. The lowest BCUT2D eigenvalue weighted by atomic mass is 10.2. The molecule has 0 radical (unpaired) electrons. The van der Waals surface area contributed by atoms with Gasteiger partial charge in [-0.3, -0.25) is 0 Å². The summed E-state index contributed by atoms with van der Waals surface area (Å²) in [7, 11) is 0. The lowest BCUT2D eigenvalue weighted by molar-refractivity contribution is -0.154. The summed E-state index contributed by atoms with van der Waals surface area (Å²) in [6.45, 7) is -1.42. The zero-order valence-corrected chi connectivity index (χ0v) is 14.7. The number of nitrogens with one attached hydrogen (secondary N) is 2. The Balaban J connectivity index is 1.80. The van der Waals surface area contributed by atoms with E-state index in [1.165, 1.54) is 42.5 Å². The van der Waals surface area contributed by atoms with Crippen molar-refractivity contribution in [3.63, 3.8) is 0 Å². The number of alkyl halides is 3. The molecule has 6 nitrogen and oxygen atoms in total. The molecule has 0 saturated carbocycles. The molecule has 2 aromatic carbocycles. The van der Waals surface area contributed by atoms with E-state index in [-0.39, 0.29) is 24.1 Å². The quantitative estimate of drug-likeness (QED) is 0.560. The normalized spacial score (nSPS) is 11.2. The molecule has 1 aromatic heterocycles. The van der Waals surface area contributed by atoms with Crippen LogP contribution >= 0.6 is 0 Å². The third-order valence-corrected chi connectivity index (χ3v) is 3.42. The van der Waals surface area contributed by atoms with Gasteiger partial charge in [-0.25, -0.2) is 8.78 Å². The highest BCUT2D eigenvalue weighted by atomic mass is 19.4. The van der Waals surface area contributed by atoms with Crippen LogP contribution in [-0.2, 0) is 6.54 Å².